The number of likely N-dealkylation sites (tertiary alicyclic amines) is 1. The molecule has 0 radical (unpaired) electrons. The number of ether oxygens (including phenoxy) is 1. The average molecular weight is 496 g/mol. The molecular formula is C30H41NO5. The molecule has 0 bridgehead atoms. The smallest absolute Gasteiger partial charge is 0.410 e. The number of amides is 1. The predicted octanol–water partition coefficient (Wildman–Crippen LogP) is 5.65. The molecule has 2 heterocycles. The fourth-order valence-corrected chi connectivity index (χ4v) is 9.06. The molecule has 6 rings (SSSR count). The Morgan fingerprint density at radius 1 is 1.14 bits per heavy atom. The molecule has 6 nitrogen and oxygen atoms in total. The van der Waals surface area contributed by atoms with Crippen LogP contribution in [0, 0.1) is 28.6 Å². The summed E-state index contributed by atoms with van der Waals surface area (Å²) in [6.45, 7) is 6.06. The number of hydrogen-bond donors (Lipinski definition) is 1. The topological polar surface area (TPSA) is 80.0 Å². The van der Waals surface area contributed by atoms with Gasteiger partial charge in [-0.1, -0.05) is 25.5 Å². The zero-order valence-electron chi connectivity index (χ0n) is 21.8. The Labute approximate surface area is 214 Å². The molecule has 6 heteroatoms. The maximum Gasteiger partial charge on any atom is 0.410 e. The van der Waals surface area contributed by atoms with Crippen molar-refractivity contribution in [1.82, 2.24) is 4.90 Å². The van der Waals surface area contributed by atoms with E-state index in [-0.39, 0.29) is 23.2 Å². The third kappa shape index (κ3) is 3.95. The molecule has 1 saturated heterocycles. The zero-order chi connectivity index (χ0) is 25.1. The van der Waals surface area contributed by atoms with Gasteiger partial charge in [-0.2, -0.15) is 0 Å². The van der Waals surface area contributed by atoms with Crippen LogP contribution in [0.15, 0.2) is 39.3 Å². The number of aliphatic hydroxyl groups excluding tert-OH is 1. The van der Waals surface area contributed by atoms with Gasteiger partial charge in [-0.05, 0) is 110 Å². The summed E-state index contributed by atoms with van der Waals surface area (Å²) >= 11 is 0. The third-order valence-corrected chi connectivity index (χ3v) is 11.1. The standard InChI is InChI=1S/C30H41NO5/c1-29-13-11-22(36-28(34)31-15-3-4-21(32)17-31)16-20(29)6-7-23-25-9-8-24(19-5-10-27(33)35-18-19)30(25,2)14-12-26(23)29/h5,9-10,18,20-24,26,32H,3-4,6-8,11-17H2,1-2H3/t20-,21?,22+,23+,24-,26+,29+,30-/m1/s1. The first kappa shape index (κ1) is 24.3. The first-order valence-corrected chi connectivity index (χ1v) is 14.2. The van der Waals surface area contributed by atoms with E-state index < -0.39 is 6.10 Å². The van der Waals surface area contributed by atoms with Crippen LogP contribution < -0.4 is 5.63 Å². The lowest BCUT2D eigenvalue weighted by Crippen LogP contribution is -2.52. The van der Waals surface area contributed by atoms with Gasteiger partial charge < -0.3 is 19.2 Å². The normalized spacial score (nSPS) is 42.1. The number of nitrogens with zero attached hydrogens (tertiary/aromatic N) is 1. The summed E-state index contributed by atoms with van der Waals surface area (Å²) < 4.78 is 11.2. The lowest BCUT2D eigenvalue weighted by atomic mass is 9.46. The molecule has 1 aromatic heterocycles. The molecule has 8 atom stereocenters. The van der Waals surface area contributed by atoms with E-state index in [0.29, 0.717) is 42.2 Å². The Hall–Kier alpha value is -2.08. The summed E-state index contributed by atoms with van der Waals surface area (Å²) in [7, 11) is 0. The van der Waals surface area contributed by atoms with Crippen molar-refractivity contribution >= 4 is 6.09 Å². The molecule has 5 aliphatic rings. The van der Waals surface area contributed by atoms with Gasteiger partial charge in [0.2, 0.25) is 0 Å². The minimum Gasteiger partial charge on any atom is -0.446 e. The summed E-state index contributed by atoms with van der Waals surface area (Å²) in [5.74, 6) is 2.33. The van der Waals surface area contributed by atoms with Crippen LogP contribution >= 0.6 is 0 Å². The van der Waals surface area contributed by atoms with Gasteiger partial charge in [-0.25, -0.2) is 9.59 Å². The number of β-amino-alcohol motifs (C(OH)–C–C–N with tert-alkyl or cyclic N) is 1. The highest BCUT2D eigenvalue weighted by Crippen LogP contribution is 2.67. The molecule has 1 amide bonds. The Balaban J connectivity index is 1.14. The summed E-state index contributed by atoms with van der Waals surface area (Å²) in [6.07, 6.45) is 14.1. The van der Waals surface area contributed by atoms with Crippen LogP contribution in [0.4, 0.5) is 4.79 Å². The fourth-order valence-electron chi connectivity index (χ4n) is 9.06. The predicted molar refractivity (Wildman–Crippen MR) is 137 cm³/mol. The molecular weight excluding hydrogens is 454 g/mol. The minimum absolute atomic E-state index is 0.00265. The largest absolute Gasteiger partial charge is 0.446 e. The third-order valence-electron chi connectivity index (χ3n) is 11.1. The quantitative estimate of drug-likeness (QED) is 0.537. The Kier molecular flexibility index (Phi) is 6.09. The van der Waals surface area contributed by atoms with Crippen LogP contribution in [0.3, 0.4) is 0 Å². The van der Waals surface area contributed by atoms with E-state index >= 15 is 0 Å². The van der Waals surface area contributed by atoms with Crippen molar-refractivity contribution in [2.75, 3.05) is 13.1 Å². The van der Waals surface area contributed by atoms with Gasteiger partial charge in [-0.15, -0.1) is 0 Å². The van der Waals surface area contributed by atoms with Gasteiger partial charge in [0.05, 0.1) is 12.4 Å². The van der Waals surface area contributed by atoms with Crippen LogP contribution in [-0.2, 0) is 4.74 Å². The fraction of sp³-hybridized carbons (Fsp3) is 0.733. The molecule has 1 aromatic rings. The van der Waals surface area contributed by atoms with E-state index in [1.165, 1.54) is 25.7 Å². The maximum absolute atomic E-state index is 12.8. The Morgan fingerprint density at radius 3 is 2.78 bits per heavy atom. The van der Waals surface area contributed by atoms with Crippen LogP contribution in [0.2, 0.25) is 0 Å². The molecule has 0 spiro atoms. The van der Waals surface area contributed by atoms with Gasteiger partial charge in [0, 0.05) is 19.2 Å². The molecule has 3 saturated carbocycles. The summed E-state index contributed by atoms with van der Waals surface area (Å²) in [4.78, 5) is 26.0. The van der Waals surface area contributed by atoms with Gasteiger partial charge in [0.1, 0.15) is 6.10 Å². The van der Waals surface area contributed by atoms with E-state index in [2.05, 4.69) is 19.9 Å². The molecule has 1 aliphatic heterocycles. The highest BCUT2D eigenvalue weighted by molar-refractivity contribution is 5.68. The summed E-state index contributed by atoms with van der Waals surface area (Å²) in [5.41, 5.74) is 2.99. The molecule has 36 heavy (non-hydrogen) atoms. The number of piperidine rings is 1. The minimum atomic E-state index is -0.418. The van der Waals surface area contributed by atoms with Crippen molar-refractivity contribution in [3.63, 3.8) is 0 Å². The molecule has 1 unspecified atom stereocenters. The first-order valence-electron chi connectivity index (χ1n) is 14.2. The van der Waals surface area contributed by atoms with Crippen molar-refractivity contribution in [1.29, 1.82) is 0 Å². The highest BCUT2D eigenvalue weighted by atomic mass is 16.6. The van der Waals surface area contributed by atoms with Crippen molar-refractivity contribution < 1.29 is 19.1 Å². The number of aliphatic hydroxyl groups is 1. The monoisotopic (exact) mass is 495 g/mol. The second-order valence-electron chi connectivity index (χ2n) is 12.8. The molecule has 4 aliphatic carbocycles. The zero-order valence-corrected chi connectivity index (χ0v) is 21.8. The Bertz CT molecular complexity index is 1070. The second-order valence-corrected chi connectivity index (χ2v) is 12.8. The van der Waals surface area contributed by atoms with Gasteiger partial charge in [-0.3, -0.25) is 0 Å². The van der Waals surface area contributed by atoms with Crippen LogP contribution in [0.1, 0.15) is 89.5 Å². The van der Waals surface area contributed by atoms with Crippen LogP contribution in [0.25, 0.3) is 0 Å². The lowest BCUT2D eigenvalue weighted by molar-refractivity contribution is -0.0883. The van der Waals surface area contributed by atoms with Gasteiger partial charge in [0.25, 0.3) is 0 Å². The van der Waals surface area contributed by atoms with Gasteiger partial charge in [0.15, 0.2) is 0 Å². The van der Waals surface area contributed by atoms with Crippen LogP contribution in [-0.4, -0.2) is 41.4 Å². The summed E-state index contributed by atoms with van der Waals surface area (Å²) in [6, 6.07) is 3.53. The van der Waals surface area contributed by atoms with E-state index in [1.54, 1.807) is 22.8 Å². The van der Waals surface area contributed by atoms with E-state index in [0.717, 1.165) is 44.1 Å². The Morgan fingerprint density at radius 2 is 2.00 bits per heavy atom. The number of hydrogen-bond acceptors (Lipinski definition) is 5. The number of allylic oxidation sites excluding steroid dienone is 2. The number of rotatable bonds is 2. The molecule has 196 valence electrons. The number of fused-ring (bicyclic) bond motifs is 5. The SMILES string of the molecule is C[C@]12CC[C@H](OC(=O)N3CCCC(O)C3)C[C@H]1CC[C@H]1C3=CC[C@H](c4ccc(=O)oc4)[C@@]3(C)CC[C@@H]12. The number of carbonyl (C=O) groups is 1. The molecule has 0 aromatic carbocycles. The second kappa shape index (κ2) is 9.04. The van der Waals surface area contributed by atoms with Crippen molar-refractivity contribution in [2.24, 2.45) is 28.6 Å². The van der Waals surface area contributed by atoms with Crippen LogP contribution in [0.5, 0.6) is 0 Å². The van der Waals surface area contributed by atoms with Gasteiger partial charge >= 0.3 is 11.7 Å². The van der Waals surface area contributed by atoms with Crippen molar-refractivity contribution in [2.45, 2.75) is 96.2 Å². The highest BCUT2D eigenvalue weighted by Gasteiger charge is 2.58. The van der Waals surface area contributed by atoms with Crippen molar-refractivity contribution in [3.05, 3.63) is 46.0 Å². The lowest BCUT2D eigenvalue weighted by Gasteiger charge is -2.59. The van der Waals surface area contributed by atoms with E-state index in [4.69, 9.17) is 9.15 Å². The average Bonchev–Trinajstić information content (AvgIpc) is 3.22. The molecule has 1 N–H and O–H groups in total. The molecule has 4 fully saturated rings. The van der Waals surface area contributed by atoms with Crippen molar-refractivity contribution in [3.8, 4) is 0 Å². The first-order chi connectivity index (χ1) is 17.3. The number of carbonyl (C=O) groups excluding carboxylic acids is 1. The summed E-state index contributed by atoms with van der Waals surface area (Å²) in [5, 5.41) is 9.94. The van der Waals surface area contributed by atoms with E-state index in [9.17, 15) is 14.7 Å². The van der Waals surface area contributed by atoms with E-state index in [1.807, 2.05) is 6.07 Å². The maximum atomic E-state index is 12.8.